The van der Waals surface area contributed by atoms with Crippen molar-refractivity contribution in [1.29, 1.82) is 0 Å². The standard InChI is InChI=1S/C27H50N2P2Si/c1-25(2,3)27(30,26(4,5)6)24-11-10-23(32(7,8)9)16-20(24)19-31(21-12-14-28-17-21)22-13-15-29-18-22/h10-11,16,21-22,28-29H,12-15,17-19,30H2,1-9H3. The van der Waals surface area contributed by atoms with E-state index < -0.39 is 8.07 Å². The second kappa shape index (κ2) is 9.70. The van der Waals surface area contributed by atoms with Crippen LogP contribution in [0.4, 0.5) is 0 Å². The molecule has 2 heterocycles. The van der Waals surface area contributed by atoms with E-state index in [0.717, 1.165) is 11.3 Å². The van der Waals surface area contributed by atoms with Crippen molar-refractivity contribution in [2.24, 2.45) is 10.8 Å². The topological polar surface area (TPSA) is 24.1 Å². The van der Waals surface area contributed by atoms with Crippen LogP contribution in [0.5, 0.6) is 0 Å². The van der Waals surface area contributed by atoms with E-state index in [1.54, 1.807) is 16.3 Å². The summed E-state index contributed by atoms with van der Waals surface area (Å²) < 4.78 is 0. The van der Waals surface area contributed by atoms with Crippen molar-refractivity contribution in [3.05, 3.63) is 29.3 Å². The maximum Gasteiger partial charge on any atom is 0.0776 e. The van der Waals surface area contributed by atoms with Gasteiger partial charge >= 0.3 is 0 Å². The first-order valence-corrected chi connectivity index (χ1v) is 18.5. The van der Waals surface area contributed by atoms with Gasteiger partial charge in [0.25, 0.3) is 0 Å². The van der Waals surface area contributed by atoms with Gasteiger partial charge in [-0.2, -0.15) is 0 Å². The molecule has 2 aliphatic heterocycles. The zero-order chi connectivity index (χ0) is 23.9. The lowest BCUT2D eigenvalue weighted by Gasteiger charge is -2.53. The van der Waals surface area contributed by atoms with Crippen molar-refractivity contribution < 1.29 is 0 Å². The summed E-state index contributed by atoms with van der Waals surface area (Å²) >= 11 is 0. The Hall–Kier alpha value is 0.217. The van der Waals surface area contributed by atoms with E-state index in [1.807, 2.05) is 0 Å². The molecule has 2 aliphatic rings. The highest BCUT2D eigenvalue weighted by atomic mass is 31.1. The van der Waals surface area contributed by atoms with Gasteiger partial charge in [-0.3, -0.25) is 0 Å². The molecule has 0 amide bonds. The molecular formula is C27H50N2P2Si. The van der Waals surface area contributed by atoms with E-state index >= 15 is 0 Å². The van der Waals surface area contributed by atoms with Crippen LogP contribution >= 0.6 is 17.2 Å². The number of rotatable bonds is 6. The van der Waals surface area contributed by atoms with Crippen LogP contribution in [0.1, 0.15) is 65.5 Å². The number of hydrogen-bond donors (Lipinski definition) is 2. The summed E-state index contributed by atoms with van der Waals surface area (Å²) in [6.07, 6.45) is 4.04. The Morgan fingerprint density at radius 2 is 1.41 bits per heavy atom. The van der Waals surface area contributed by atoms with Gasteiger partial charge in [-0.1, -0.05) is 92.5 Å². The predicted molar refractivity (Wildman–Crippen MR) is 153 cm³/mol. The molecule has 2 nitrogen and oxygen atoms in total. The third kappa shape index (κ3) is 5.38. The third-order valence-corrected chi connectivity index (χ3v) is 15.7. The molecule has 32 heavy (non-hydrogen) atoms. The summed E-state index contributed by atoms with van der Waals surface area (Å²) in [6.45, 7) is 27.0. The summed E-state index contributed by atoms with van der Waals surface area (Å²) in [5.74, 6) is 0. The van der Waals surface area contributed by atoms with Crippen LogP contribution in [0.2, 0.25) is 19.6 Å². The Morgan fingerprint density at radius 1 is 0.906 bits per heavy atom. The first kappa shape index (κ1) is 26.8. The van der Waals surface area contributed by atoms with Gasteiger partial charge in [0, 0.05) is 18.2 Å². The highest BCUT2D eigenvalue weighted by Gasteiger charge is 2.49. The highest BCUT2D eigenvalue weighted by molar-refractivity contribution is 7.58. The SMILES string of the molecule is CC(C)(C)C(P)(c1ccc([Si](C)(C)C)cc1CP(C1CCNC1)C1CCNC1)C(C)(C)C. The van der Waals surface area contributed by atoms with Crippen LogP contribution in [-0.4, -0.2) is 45.6 Å². The average molecular weight is 493 g/mol. The lowest BCUT2D eigenvalue weighted by molar-refractivity contribution is 0.139. The Balaban J connectivity index is 2.14. The molecule has 1 aromatic rings. The average Bonchev–Trinajstić information content (AvgIpc) is 3.36. The van der Waals surface area contributed by atoms with E-state index in [9.17, 15) is 0 Å². The zero-order valence-corrected chi connectivity index (χ0v) is 25.4. The Morgan fingerprint density at radius 3 is 1.78 bits per heavy atom. The number of hydrogen-bond acceptors (Lipinski definition) is 2. The van der Waals surface area contributed by atoms with Crippen molar-refractivity contribution in [3.63, 3.8) is 0 Å². The van der Waals surface area contributed by atoms with E-state index in [0.29, 0.717) is 0 Å². The maximum absolute atomic E-state index is 3.69. The fourth-order valence-electron chi connectivity index (χ4n) is 6.11. The first-order chi connectivity index (χ1) is 14.7. The molecule has 2 N–H and O–H groups in total. The van der Waals surface area contributed by atoms with Gasteiger partial charge in [0.1, 0.15) is 0 Å². The molecule has 3 atom stereocenters. The quantitative estimate of drug-likeness (QED) is 0.370. The maximum atomic E-state index is 3.69. The lowest BCUT2D eigenvalue weighted by atomic mass is 9.62. The monoisotopic (exact) mass is 492 g/mol. The molecule has 0 aliphatic carbocycles. The largest absolute Gasteiger partial charge is 0.316 e. The minimum absolute atomic E-state index is 0.0240. The highest BCUT2D eigenvalue weighted by Crippen LogP contribution is 2.60. The van der Waals surface area contributed by atoms with E-state index in [2.05, 4.69) is 99.3 Å². The molecule has 5 heteroatoms. The van der Waals surface area contributed by atoms with Gasteiger partial charge in [-0.05, 0) is 65.4 Å². The summed E-state index contributed by atoms with van der Waals surface area (Å²) in [4.78, 5) is 0. The van der Waals surface area contributed by atoms with Crippen LogP contribution in [0, 0.1) is 10.8 Å². The molecule has 2 fully saturated rings. The number of benzene rings is 1. The molecular weight excluding hydrogens is 442 g/mol. The van der Waals surface area contributed by atoms with Crippen LogP contribution in [0.3, 0.4) is 0 Å². The molecule has 0 radical (unpaired) electrons. The van der Waals surface area contributed by atoms with Crippen molar-refractivity contribution in [1.82, 2.24) is 10.6 Å². The number of nitrogens with one attached hydrogen (secondary N) is 2. The fraction of sp³-hybridized carbons (Fsp3) is 0.778. The summed E-state index contributed by atoms with van der Waals surface area (Å²) in [7, 11) is 1.96. The molecule has 1 aromatic carbocycles. The Bertz CT molecular complexity index is 746. The Kier molecular flexibility index (Phi) is 8.13. The third-order valence-electron chi connectivity index (χ3n) is 8.12. The first-order valence-electron chi connectivity index (χ1n) is 12.8. The van der Waals surface area contributed by atoms with Gasteiger partial charge < -0.3 is 10.6 Å². The molecule has 3 unspecified atom stereocenters. The van der Waals surface area contributed by atoms with Crippen molar-refractivity contribution in [2.45, 2.75) is 96.7 Å². The Labute approximate surface area is 203 Å². The second-order valence-electron chi connectivity index (χ2n) is 13.4. The molecule has 0 aromatic heterocycles. The summed E-state index contributed by atoms with van der Waals surface area (Å²) in [5.41, 5.74) is 5.31. The predicted octanol–water partition coefficient (Wildman–Crippen LogP) is 6.10. The van der Waals surface area contributed by atoms with Crippen LogP contribution in [0.25, 0.3) is 0 Å². The second-order valence-corrected chi connectivity index (χ2v) is 22.1. The molecule has 3 rings (SSSR count). The summed E-state index contributed by atoms with van der Waals surface area (Å²) in [5, 5.41) is 9.02. The van der Waals surface area contributed by atoms with Crippen LogP contribution in [0.15, 0.2) is 18.2 Å². The van der Waals surface area contributed by atoms with E-state index in [1.165, 1.54) is 45.2 Å². The smallest absolute Gasteiger partial charge is 0.0776 e. The zero-order valence-electron chi connectivity index (χ0n) is 22.4. The van der Waals surface area contributed by atoms with Gasteiger partial charge in [0.05, 0.1) is 8.07 Å². The normalized spacial score (nSPS) is 24.2. The molecule has 0 saturated carbocycles. The van der Waals surface area contributed by atoms with Gasteiger partial charge in [0.15, 0.2) is 0 Å². The van der Waals surface area contributed by atoms with E-state index in [4.69, 9.17) is 0 Å². The molecule has 2 saturated heterocycles. The van der Waals surface area contributed by atoms with Crippen LogP contribution < -0.4 is 15.8 Å². The van der Waals surface area contributed by atoms with Gasteiger partial charge in [-0.25, -0.2) is 0 Å². The molecule has 0 bridgehead atoms. The fourth-order valence-corrected chi connectivity index (χ4v) is 11.0. The van der Waals surface area contributed by atoms with Crippen molar-refractivity contribution in [2.75, 3.05) is 26.2 Å². The van der Waals surface area contributed by atoms with Gasteiger partial charge in [-0.15, -0.1) is 9.24 Å². The molecule has 182 valence electrons. The van der Waals surface area contributed by atoms with Gasteiger partial charge in [0.2, 0.25) is 0 Å². The molecule has 0 spiro atoms. The van der Waals surface area contributed by atoms with Crippen molar-refractivity contribution >= 4 is 30.4 Å². The minimum atomic E-state index is -1.38. The van der Waals surface area contributed by atoms with E-state index in [-0.39, 0.29) is 23.9 Å². The van der Waals surface area contributed by atoms with Crippen LogP contribution in [-0.2, 0) is 11.3 Å². The summed E-state index contributed by atoms with van der Waals surface area (Å²) in [6, 6.07) is 7.69. The van der Waals surface area contributed by atoms with Crippen molar-refractivity contribution in [3.8, 4) is 0 Å². The minimum Gasteiger partial charge on any atom is -0.316 e. The lowest BCUT2D eigenvalue weighted by Crippen LogP contribution is -2.46.